The number of hydrogen-bond acceptors (Lipinski definition) is 2. The van der Waals surface area contributed by atoms with Gasteiger partial charge in [0.2, 0.25) is 0 Å². The van der Waals surface area contributed by atoms with Gasteiger partial charge < -0.3 is 5.32 Å². The molecule has 1 N–H and O–H groups in total. The second-order valence-electron chi connectivity index (χ2n) is 4.69. The van der Waals surface area contributed by atoms with Crippen LogP contribution in [0.2, 0.25) is 0 Å². The first-order valence-electron chi connectivity index (χ1n) is 6.04. The SMILES string of the molecule is Cc1c(C2CNCc3ccccc32)cnn1C.Cl. The fourth-order valence-corrected chi connectivity index (χ4v) is 2.63. The van der Waals surface area contributed by atoms with Crippen LogP contribution in [0.15, 0.2) is 30.5 Å². The molecule has 1 aliphatic heterocycles. The van der Waals surface area contributed by atoms with Crippen molar-refractivity contribution in [2.24, 2.45) is 7.05 Å². The van der Waals surface area contributed by atoms with Crippen molar-refractivity contribution in [1.82, 2.24) is 15.1 Å². The molecule has 0 aliphatic carbocycles. The van der Waals surface area contributed by atoms with Crippen molar-refractivity contribution in [3.8, 4) is 0 Å². The first-order valence-corrected chi connectivity index (χ1v) is 6.04. The summed E-state index contributed by atoms with van der Waals surface area (Å²) < 4.78 is 1.95. The van der Waals surface area contributed by atoms with Crippen molar-refractivity contribution in [3.05, 3.63) is 52.8 Å². The number of rotatable bonds is 1. The third kappa shape index (κ3) is 2.04. The van der Waals surface area contributed by atoms with Crippen molar-refractivity contribution in [2.45, 2.75) is 19.4 Å². The summed E-state index contributed by atoms with van der Waals surface area (Å²) in [4.78, 5) is 0. The first-order chi connectivity index (χ1) is 8.27. The van der Waals surface area contributed by atoms with Crippen LogP contribution >= 0.6 is 12.4 Å². The molecule has 1 aromatic carbocycles. The van der Waals surface area contributed by atoms with Gasteiger partial charge in [-0.1, -0.05) is 24.3 Å². The van der Waals surface area contributed by atoms with Gasteiger partial charge in [-0.25, -0.2) is 0 Å². The number of halogens is 1. The maximum Gasteiger partial charge on any atom is 0.0531 e. The molecule has 1 aromatic heterocycles. The summed E-state index contributed by atoms with van der Waals surface area (Å²) in [5, 5.41) is 7.84. The highest BCUT2D eigenvalue weighted by atomic mass is 35.5. The molecule has 1 atom stereocenters. The summed E-state index contributed by atoms with van der Waals surface area (Å²) in [5.74, 6) is 0.439. The van der Waals surface area contributed by atoms with Crippen molar-refractivity contribution < 1.29 is 0 Å². The van der Waals surface area contributed by atoms with Crippen LogP contribution in [0, 0.1) is 6.92 Å². The average Bonchev–Trinajstić information content (AvgIpc) is 2.69. The van der Waals surface area contributed by atoms with Gasteiger partial charge >= 0.3 is 0 Å². The Morgan fingerprint density at radius 3 is 2.78 bits per heavy atom. The fraction of sp³-hybridized carbons (Fsp3) is 0.357. The lowest BCUT2D eigenvalue weighted by Crippen LogP contribution is -2.28. The van der Waals surface area contributed by atoms with E-state index in [9.17, 15) is 0 Å². The van der Waals surface area contributed by atoms with Gasteiger partial charge in [-0.15, -0.1) is 12.4 Å². The predicted octanol–water partition coefficient (Wildman–Crippen LogP) is 2.39. The van der Waals surface area contributed by atoms with Gasteiger partial charge in [-0.2, -0.15) is 5.10 Å². The molecule has 0 spiro atoms. The molecule has 2 aromatic rings. The maximum atomic E-state index is 4.35. The Bertz CT molecular complexity index is 548. The molecule has 3 nitrogen and oxygen atoms in total. The predicted molar refractivity (Wildman–Crippen MR) is 75.2 cm³/mol. The van der Waals surface area contributed by atoms with E-state index in [-0.39, 0.29) is 12.4 Å². The number of hydrogen-bond donors (Lipinski definition) is 1. The highest BCUT2D eigenvalue weighted by molar-refractivity contribution is 5.85. The highest BCUT2D eigenvalue weighted by Crippen LogP contribution is 2.31. The van der Waals surface area contributed by atoms with Crippen molar-refractivity contribution >= 4 is 12.4 Å². The zero-order chi connectivity index (χ0) is 11.8. The molecular weight excluding hydrogens is 246 g/mol. The van der Waals surface area contributed by atoms with Gasteiger partial charge in [-0.3, -0.25) is 4.68 Å². The van der Waals surface area contributed by atoms with E-state index in [4.69, 9.17) is 0 Å². The van der Waals surface area contributed by atoms with Gasteiger partial charge in [0.25, 0.3) is 0 Å². The molecule has 0 bridgehead atoms. The lowest BCUT2D eigenvalue weighted by molar-refractivity contribution is 0.588. The summed E-state index contributed by atoms with van der Waals surface area (Å²) in [6.07, 6.45) is 2.00. The third-order valence-corrected chi connectivity index (χ3v) is 3.74. The fourth-order valence-electron chi connectivity index (χ4n) is 2.63. The van der Waals surface area contributed by atoms with Crippen LogP contribution in [0.3, 0.4) is 0 Å². The second kappa shape index (κ2) is 5.12. The van der Waals surface area contributed by atoms with Crippen molar-refractivity contribution in [3.63, 3.8) is 0 Å². The van der Waals surface area contributed by atoms with Gasteiger partial charge in [0, 0.05) is 37.3 Å². The molecule has 18 heavy (non-hydrogen) atoms. The number of nitrogens with zero attached hydrogens (tertiary/aromatic N) is 2. The molecule has 1 unspecified atom stereocenters. The molecule has 0 saturated carbocycles. The molecule has 0 radical (unpaired) electrons. The lowest BCUT2D eigenvalue weighted by Gasteiger charge is -2.26. The van der Waals surface area contributed by atoms with Crippen molar-refractivity contribution in [1.29, 1.82) is 0 Å². The summed E-state index contributed by atoms with van der Waals surface area (Å²) in [5.41, 5.74) is 5.45. The lowest BCUT2D eigenvalue weighted by atomic mass is 9.86. The Morgan fingerprint density at radius 1 is 1.28 bits per heavy atom. The smallest absolute Gasteiger partial charge is 0.0531 e. The first kappa shape index (κ1) is 13.1. The molecule has 4 heteroatoms. The molecule has 2 heterocycles. The largest absolute Gasteiger partial charge is 0.312 e. The van der Waals surface area contributed by atoms with E-state index in [0.717, 1.165) is 13.1 Å². The second-order valence-corrected chi connectivity index (χ2v) is 4.69. The van der Waals surface area contributed by atoms with Crippen LogP contribution < -0.4 is 5.32 Å². The number of aromatic nitrogens is 2. The van der Waals surface area contributed by atoms with Crippen LogP contribution in [-0.2, 0) is 13.6 Å². The quantitative estimate of drug-likeness (QED) is 0.856. The number of nitrogens with one attached hydrogen (secondary N) is 1. The zero-order valence-electron chi connectivity index (χ0n) is 10.7. The van der Waals surface area contributed by atoms with Crippen LogP contribution in [-0.4, -0.2) is 16.3 Å². The molecule has 3 rings (SSSR count). The van der Waals surface area contributed by atoms with Crippen LogP contribution in [0.4, 0.5) is 0 Å². The van der Waals surface area contributed by atoms with Crippen LogP contribution in [0.5, 0.6) is 0 Å². The normalized spacial score (nSPS) is 18.0. The maximum absolute atomic E-state index is 4.35. The summed E-state index contributed by atoms with van der Waals surface area (Å²) >= 11 is 0. The number of fused-ring (bicyclic) bond motifs is 1. The monoisotopic (exact) mass is 263 g/mol. The van der Waals surface area contributed by atoms with E-state index in [1.165, 1.54) is 22.4 Å². The Hall–Kier alpha value is -1.32. The van der Waals surface area contributed by atoms with Gasteiger partial charge in [0.1, 0.15) is 0 Å². The number of aryl methyl sites for hydroxylation is 1. The topological polar surface area (TPSA) is 29.9 Å². The van der Waals surface area contributed by atoms with Crippen LogP contribution in [0.25, 0.3) is 0 Å². The van der Waals surface area contributed by atoms with E-state index >= 15 is 0 Å². The molecule has 0 fully saturated rings. The summed E-state index contributed by atoms with van der Waals surface area (Å²) in [6, 6.07) is 8.69. The van der Waals surface area contributed by atoms with E-state index in [1.807, 2.05) is 17.9 Å². The molecule has 0 saturated heterocycles. The Labute approximate surface area is 114 Å². The minimum Gasteiger partial charge on any atom is -0.312 e. The van der Waals surface area contributed by atoms with E-state index < -0.39 is 0 Å². The summed E-state index contributed by atoms with van der Waals surface area (Å²) in [7, 11) is 2.00. The van der Waals surface area contributed by atoms with E-state index in [1.54, 1.807) is 0 Å². The summed E-state index contributed by atoms with van der Waals surface area (Å²) in [6.45, 7) is 4.12. The van der Waals surface area contributed by atoms with E-state index in [0.29, 0.717) is 5.92 Å². The minimum atomic E-state index is 0. The van der Waals surface area contributed by atoms with Crippen LogP contribution in [0.1, 0.15) is 28.3 Å². The standard InChI is InChI=1S/C14H17N3.ClH/c1-10-13(9-16-17(10)2)14-8-15-7-11-5-3-4-6-12(11)14;/h3-6,9,14-15H,7-8H2,1-2H3;1H. The molecule has 1 aliphatic rings. The molecule has 96 valence electrons. The van der Waals surface area contributed by atoms with Gasteiger partial charge in [0.15, 0.2) is 0 Å². The highest BCUT2D eigenvalue weighted by Gasteiger charge is 2.23. The van der Waals surface area contributed by atoms with Gasteiger partial charge in [-0.05, 0) is 18.1 Å². The van der Waals surface area contributed by atoms with Gasteiger partial charge in [0.05, 0.1) is 6.20 Å². The number of benzene rings is 1. The molecule has 0 amide bonds. The average molecular weight is 264 g/mol. The third-order valence-electron chi connectivity index (χ3n) is 3.74. The Kier molecular flexibility index (Phi) is 3.73. The zero-order valence-corrected chi connectivity index (χ0v) is 11.5. The molecular formula is C14H18ClN3. The van der Waals surface area contributed by atoms with Crippen molar-refractivity contribution in [2.75, 3.05) is 6.54 Å². The van der Waals surface area contributed by atoms with E-state index in [2.05, 4.69) is 41.6 Å². The Morgan fingerprint density at radius 2 is 2.06 bits per heavy atom. The Balaban J connectivity index is 0.00000120. The minimum absolute atomic E-state index is 0.